The van der Waals surface area contributed by atoms with Crippen molar-refractivity contribution in [1.82, 2.24) is 37.0 Å². The summed E-state index contributed by atoms with van der Waals surface area (Å²) in [6.07, 6.45) is 0.972. The van der Waals surface area contributed by atoms with Crippen LogP contribution in [0, 0.1) is 11.8 Å². The molecular weight excluding hydrogens is 731 g/mol. The number of aliphatic hydroxyl groups is 1. The molecule has 15 heteroatoms. The van der Waals surface area contributed by atoms with E-state index in [1.807, 2.05) is 98.8 Å². The van der Waals surface area contributed by atoms with E-state index < -0.39 is 47.6 Å². The maximum absolute atomic E-state index is 14.0. The van der Waals surface area contributed by atoms with Crippen LogP contribution in [0.25, 0.3) is 0 Å². The van der Waals surface area contributed by atoms with Crippen molar-refractivity contribution in [3.8, 4) is 5.75 Å². The molecule has 6 amide bonds. The number of aryl methyl sites for hydroxylation is 1. The zero-order valence-corrected chi connectivity index (χ0v) is 34.0. The second kappa shape index (κ2) is 24.4. The predicted molar refractivity (Wildman–Crippen MR) is 218 cm³/mol. The summed E-state index contributed by atoms with van der Waals surface area (Å²) in [4.78, 5) is 53.4. The van der Waals surface area contributed by atoms with Gasteiger partial charge in [-0.25, -0.2) is 14.6 Å². The molecule has 0 aromatic heterocycles. The third-order valence-corrected chi connectivity index (χ3v) is 9.12. The number of hydrogen-bond donors (Lipinski definition) is 7. The Morgan fingerprint density at radius 2 is 1.32 bits per heavy atom. The van der Waals surface area contributed by atoms with Crippen LogP contribution in [0.1, 0.15) is 50.8 Å². The normalized spacial score (nSPS) is 13.3. The van der Waals surface area contributed by atoms with Gasteiger partial charge in [0.15, 0.2) is 0 Å². The standard InChI is InChI=1S/C42H61N7O8/c1-30(2)37(46-40(52)43-23-25-55-5)38(50)48-49(27-33-18-21-36(22-19-33)57-29-34-15-11-8-12-16-34)28-35(20-17-32-13-9-7-10-14-32)45-39(51)42(54,31(3)4)47-41(53)44-24-26-56-6/h7-16,18-19,21-22,30-31,35,37,54H,17,20,23-29H2,1-6H3,(H,45,51)(H,48,50)(H2,43,46,52)(H2,44,47,53)/t35-,37-,42+/m0/s1. The number of nitrogens with one attached hydrogen (secondary N) is 6. The van der Waals surface area contributed by atoms with Crippen molar-refractivity contribution in [3.05, 3.63) is 102 Å². The van der Waals surface area contributed by atoms with Crippen LogP contribution in [-0.4, -0.2) is 98.9 Å². The molecule has 3 aromatic carbocycles. The van der Waals surface area contributed by atoms with Crippen molar-refractivity contribution < 1.29 is 38.5 Å². The number of carbonyl (C=O) groups excluding carboxylic acids is 4. The Labute approximate surface area is 336 Å². The summed E-state index contributed by atoms with van der Waals surface area (Å²) in [6.45, 7) is 8.60. The SMILES string of the molecule is COCCNC(=O)N[C@H](C(=O)NN(Cc1ccc(OCc2ccccc2)cc1)C[C@H](CCc1ccccc1)NC(=O)[C@@](O)(NC(=O)NCCOC)C(C)C)C(C)C. The lowest BCUT2D eigenvalue weighted by atomic mass is 9.97. The number of benzene rings is 3. The Morgan fingerprint density at radius 3 is 1.88 bits per heavy atom. The van der Waals surface area contributed by atoms with E-state index in [1.165, 1.54) is 14.2 Å². The van der Waals surface area contributed by atoms with Gasteiger partial charge in [0.25, 0.3) is 11.8 Å². The van der Waals surface area contributed by atoms with E-state index in [1.54, 1.807) is 18.9 Å². The molecule has 0 unspecified atom stereocenters. The van der Waals surface area contributed by atoms with Crippen molar-refractivity contribution in [2.45, 2.75) is 71.5 Å². The first kappa shape index (κ1) is 46.2. The molecule has 3 rings (SSSR count). The molecule has 0 saturated carbocycles. The van der Waals surface area contributed by atoms with E-state index in [9.17, 15) is 24.3 Å². The summed E-state index contributed by atoms with van der Waals surface area (Å²) in [5.74, 6) is -1.60. The number of hydrazine groups is 1. The van der Waals surface area contributed by atoms with Crippen LogP contribution in [0.2, 0.25) is 0 Å². The third-order valence-electron chi connectivity index (χ3n) is 9.12. The number of carbonyl (C=O) groups is 4. The van der Waals surface area contributed by atoms with Crippen LogP contribution < -0.4 is 36.7 Å². The van der Waals surface area contributed by atoms with Crippen molar-refractivity contribution in [2.24, 2.45) is 11.8 Å². The van der Waals surface area contributed by atoms with Gasteiger partial charge in [-0.1, -0.05) is 100 Å². The van der Waals surface area contributed by atoms with Gasteiger partial charge in [-0.05, 0) is 47.6 Å². The van der Waals surface area contributed by atoms with Gasteiger partial charge in [0.05, 0.1) is 13.2 Å². The lowest BCUT2D eigenvalue weighted by Crippen LogP contribution is -2.66. The molecular formula is C42H61N7O8. The molecule has 0 aliphatic heterocycles. The molecule has 0 aliphatic carbocycles. The van der Waals surface area contributed by atoms with Gasteiger partial charge < -0.3 is 45.9 Å². The predicted octanol–water partition coefficient (Wildman–Crippen LogP) is 3.48. The molecule has 15 nitrogen and oxygen atoms in total. The van der Waals surface area contributed by atoms with Gasteiger partial charge in [-0.15, -0.1) is 0 Å². The van der Waals surface area contributed by atoms with E-state index in [4.69, 9.17) is 14.2 Å². The highest BCUT2D eigenvalue weighted by atomic mass is 16.5. The first-order valence-electron chi connectivity index (χ1n) is 19.3. The van der Waals surface area contributed by atoms with Crippen molar-refractivity contribution in [3.63, 3.8) is 0 Å². The third kappa shape index (κ3) is 16.4. The molecule has 0 fully saturated rings. The molecule has 7 N–H and O–H groups in total. The molecule has 0 saturated heterocycles. The van der Waals surface area contributed by atoms with Crippen LogP contribution in [0.5, 0.6) is 5.75 Å². The van der Waals surface area contributed by atoms with Crippen LogP contribution in [0.15, 0.2) is 84.9 Å². The fourth-order valence-electron chi connectivity index (χ4n) is 5.72. The Bertz CT molecular complexity index is 1650. The molecule has 0 spiro atoms. The average molecular weight is 792 g/mol. The highest BCUT2D eigenvalue weighted by Gasteiger charge is 2.42. The maximum atomic E-state index is 14.0. The zero-order valence-electron chi connectivity index (χ0n) is 34.0. The first-order valence-corrected chi connectivity index (χ1v) is 19.3. The second-order valence-corrected chi connectivity index (χ2v) is 14.4. The largest absolute Gasteiger partial charge is 0.489 e. The number of amides is 6. The monoisotopic (exact) mass is 791 g/mol. The second-order valence-electron chi connectivity index (χ2n) is 14.4. The zero-order chi connectivity index (χ0) is 41.6. The van der Waals surface area contributed by atoms with E-state index in [2.05, 4.69) is 32.0 Å². The summed E-state index contributed by atoms with van der Waals surface area (Å²) in [7, 11) is 3.02. The number of rotatable bonds is 24. The molecule has 3 atom stereocenters. The highest BCUT2D eigenvalue weighted by molar-refractivity contribution is 5.90. The lowest BCUT2D eigenvalue weighted by Gasteiger charge is -2.35. The minimum atomic E-state index is -2.27. The molecule has 57 heavy (non-hydrogen) atoms. The summed E-state index contributed by atoms with van der Waals surface area (Å²) >= 11 is 0. The average Bonchev–Trinajstić information content (AvgIpc) is 3.19. The van der Waals surface area contributed by atoms with E-state index in [-0.39, 0.29) is 38.7 Å². The van der Waals surface area contributed by atoms with Crippen LogP contribution in [0.3, 0.4) is 0 Å². The lowest BCUT2D eigenvalue weighted by molar-refractivity contribution is -0.148. The number of hydrogen-bond acceptors (Lipinski definition) is 9. The fraction of sp³-hybridized carbons (Fsp3) is 0.476. The minimum Gasteiger partial charge on any atom is -0.489 e. The van der Waals surface area contributed by atoms with Gasteiger partial charge >= 0.3 is 12.1 Å². The molecule has 0 heterocycles. The Hall–Kier alpha value is -5.22. The highest BCUT2D eigenvalue weighted by Crippen LogP contribution is 2.18. The van der Waals surface area contributed by atoms with Crippen molar-refractivity contribution >= 4 is 23.9 Å². The number of urea groups is 2. The fourth-order valence-corrected chi connectivity index (χ4v) is 5.72. The van der Waals surface area contributed by atoms with E-state index in [0.29, 0.717) is 31.8 Å². The van der Waals surface area contributed by atoms with Gasteiger partial charge in [-0.2, -0.15) is 0 Å². The van der Waals surface area contributed by atoms with Crippen LogP contribution in [-0.2, 0) is 38.6 Å². The number of ether oxygens (including phenoxy) is 3. The molecule has 3 aromatic rings. The summed E-state index contributed by atoms with van der Waals surface area (Å²) in [6, 6.07) is 24.2. The molecule has 0 bridgehead atoms. The Morgan fingerprint density at radius 1 is 0.737 bits per heavy atom. The van der Waals surface area contributed by atoms with Crippen molar-refractivity contribution in [2.75, 3.05) is 47.1 Å². The van der Waals surface area contributed by atoms with Crippen LogP contribution in [0.4, 0.5) is 9.59 Å². The van der Waals surface area contributed by atoms with E-state index >= 15 is 0 Å². The Kier molecular flexibility index (Phi) is 19.8. The molecule has 312 valence electrons. The molecule has 0 radical (unpaired) electrons. The van der Waals surface area contributed by atoms with Gasteiger partial charge in [0.1, 0.15) is 18.4 Å². The summed E-state index contributed by atoms with van der Waals surface area (Å²) in [5, 5.41) is 26.7. The minimum absolute atomic E-state index is 0.0929. The maximum Gasteiger partial charge on any atom is 0.317 e. The summed E-state index contributed by atoms with van der Waals surface area (Å²) < 4.78 is 16.0. The quantitative estimate of drug-likeness (QED) is 0.0405. The number of nitrogens with zero attached hydrogens (tertiary/aromatic N) is 1. The molecule has 0 aliphatic rings. The van der Waals surface area contributed by atoms with Gasteiger partial charge in [-0.3, -0.25) is 15.0 Å². The van der Waals surface area contributed by atoms with E-state index in [0.717, 1.165) is 16.7 Å². The number of methoxy groups -OCH3 is 2. The summed E-state index contributed by atoms with van der Waals surface area (Å²) in [5.41, 5.74) is 3.61. The Balaban J connectivity index is 1.90. The topological polar surface area (TPSA) is 192 Å². The van der Waals surface area contributed by atoms with Crippen molar-refractivity contribution in [1.29, 1.82) is 0 Å². The first-order chi connectivity index (χ1) is 27.3. The van der Waals surface area contributed by atoms with Gasteiger partial charge in [0.2, 0.25) is 5.72 Å². The van der Waals surface area contributed by atoms with Crippen LogP contribution >= 0.6 is 0 Å². The van der Waals surface area contributed by atoms with Gasteiger partial charge in [0, 0.05) is 52.4 Å². The smallest absolute Gasteiger partial charge is 0.317 e.